The molecule has 2 amide bonds. The van der Waals surface area contributed by atoms with Gasteiger partial charge in [-0.3, -0.25) is 14.6 Å². The Kier molecular flexibility index (Phi) is 7.12. The molecule has 1 aliphatic heterocycles. The van der Waals surface area contributed by atoms with Gasteiger partial charge in [-0.1, -0.05) is 36.4 Å². The molecule has 3 aromatic rings. The number of rotatable bonds is 7. The summed E-state index contributed by atoms with van der Waals surface area (Å²) in [5.74, 6) is 0.702. The first-order valence-electron chi connectivity index (χ1n) is 10.9. The molecule has 4 rings (SSSR count). The lowest BCUT2D eigenvalue weighted by Gasteiger charge is -2.31. The average molecular weight is 430 g/mol. The van der Waals surface area contributed by atoms with Crippen LogP contribution in [0.1, 0.15) is 34.3 Å². The van der Waals surface area contributed by atoms with E-state index in [0.29, 0.717) is 44.6 Å². The maximum absolute atomic E-state index is 12.9. The van der Waals surface area contributed by atoms with Crippen molar-refractivity contribution in [3.63, 3.8) is 0 Å². The van der Waals surface area contributed by atoms with Crippen LogP contribution in [-0.4, -0.2) is 34.8 Å². The van der Waals surface area contributed by atoms with Crippen LogP contribution >= 0.6 is 0 Å². The molecule has 164 valence electrons. The van der Waals surface area contributed by atoms with E-state index in [4.69, 9.17) is 4.74 Å². The van der Waals surface area contributed by atoms with Crippen molar-refractivity contribution in [2.45, 2.75) is 26.0 Å². The molecule has 32 heavy (non-hydrogen) atoms. The smallest absolute Gasteiger partial charge is 0.253 e. The number of benzene rings is 2. The van der Waals surface area contributed by atoms with Gasteiger partial charge in [0.25, 0.3) is 5.91 Å². The second-order valence-electron chi connectivity index (χ2n) is 7.94. The molecule has 2 heterocycles. The Labute approximate surface area is 188 Å². The number of hydrogen-bond donors (Lipinski definition) is 1. The van der Waals surface area contributed by atoms with Crippen LogP contribution in [0.5, 0.6) is 5.75 Å². The molecule has 1 aromatic heterocycles. The van der Waals surface area contributed by atoms with Gasteiger partial charge in [-0.05, 0) is 54.3 Å². The van der Waals surface area contributed by atoms with Crippen molar-refractivity contribution in [1.29, 1.82) is 0 Å². The Morgan fingerprint density at radius 3 is 2.34 bits per heavy atom. The summed E-state index contributed by atoms with van der Waals surface area (Å²) in [5, 5.41) is 2.98. The highest BCUT2D eigenvalue weighted by atomic mass is 16.5. The third-order valence-electron chi connectivity index (χ3n) is 5.69. The number of carbonyl (C=O) groups is 2. The maximum atomic E-state index is 12.9. The van der Waals surface area contributed by atoms with Crippen LogP contribution in [0.4, 0.5) is 0 Å². The Bertz CT molecular complexity index is 1020. The molecule has 2 aromatic carbocycles. The number of aromatic nitrogens is 1. The fraction of sp³-hybridized carbons (Fsp3) is 0.269. The standard InChI is InChI=1S/C26H27N3O3/c30-25(28-18-21-7-4-14-27-17-21)22-12-15-29(16-13-22)26(31)23-8-10-24(11-9-23)32-19-20-5-2-1-3-6-20/h1-11,14,17,22H,12-13,15-16,18-19H2,(H,28,30). The molecule has 6 nitrogen and oxygen atoms in total. The topological polar surface area (TPSA) is 71.5 Å². The number of nitrogens with zero attached hydrogens (tertiary/aromatic N) is 2. The Morgan fingerprint density at radius 1 is 0.938 bits per heavy atom. The van der Waals surface area contributed by atoms with Crippen molar-refractivity contribution in [2.24, 2.45) is 5.92 Å². The van der Waals surface area contributed by atoms with Crippen molar-refractivity contribution in [3.05, 3.63) is 95.8 Å². The summed E-state index contributed by atoms with van der Waals surface area (Å²) in [5.41, 5.74) is 2.71. The zero-order valence-electron chi connectivity index (χ0n) is 17.9. The third kappa shape index (κ3) is 5.72. The SMILES string of the molecule is O=C(NCc1cccnc1)C1CCN(C(=O)c2ccc(OCc3ccccc3)cc2)CC1. The first kappa shape index (κ1) is 21.6. The molecule has 0 bridgehead atoms. The van der Waals surface area contributed by atoms with Gasteiger partial charge >= 0.3 is 0 Å². The van der Waals surface area contributed by atoms with E-state index < -0.39 is 0 Å². The molecule has 1 N–H and O–H groups in total. The monoisotopic (exact) mass is 429 g/mol. The van der Waals surface area contributed by atoms with Gasteiger partial charge in [0.1, 0.15) is 12.4 Å². The minimum Gasteiger partial charge on any atom is -0.489 e. The van der Waals surface area contributed by atoms with Crippen LogP contribution < -0.4 is 10.1 Å². The summed E-state index contributed by atoms with van der Waals surface area (Å²) < 4.78 is 5.79. The van der Waals surface area contributed by atoms with E-state index in [1.807, 2.05) is 59.5 Å². The number of nitrogens with one attached hydrogen (secondary N) is 1. The number of amides is 2. The molecular weight excluding hydrogens is 402 g/mol. The second kappa shape index (κ2) is 10.6. The lowest BCUT2D eigenvalue weighted by atomic mass is 9.95. The fourth-order valence-electron chi connectivity index (χ4n) is 3.80. The minimum atomic E-state index is -0.0653. The average Bonchev–Trinajstić information content (AvgIpc) is 2.87. The van der Waals surface area contributed by atoms with Gasteiger partial charge in [-0.2, -0.15) is 0 Å². The van der Waals surface area contributed by atoms with Crippen molar-refractivity contribution in [3.8, 4) is 5.75 Å². The van der Waals surface area contributed by atoms with Crippen molar-refractivity contribution >= 4 is 11.8 Å². The highest BCUT2D eigenvalue weighted by molar-refractivity contribution is 5.94. The molecule has 0 aliphatic carbocycles. The summed E-state index contributed by atoms with van der Waals surface area (Å²) in [6, 6.07) is 21.0. The maximum Gasteiger partial charge on any atom is 0.253 e. The normalized spacial score (nSPS) is 14.1. The van der Waals surface area contributed by atoms with E-state index in [0.717, 1.165) is 16.9 Å². The molecule has 1 aliphatic rings. The number of likely N-dealkylation sites (tertiary alicyclic amines) is 1. The Balaban J connectivity index is 1.23. The molecule has 1 saturated heterocycles. The van der Waals surface area contributed by atoms with E-state index in [2.05, 4.69) is 10.3 Å². The fourth-order valence-corrected chi connectivity index (χ4v) is 3.80. The van der Waals surface area contributed by atoms with Crippen molar-refractivity contribution < 1.29 is 14.3 Å². The van der Waals surface area contributed by atoms with Crippen molar-refractivity contribution in [1.82, 2.24) is 15.2 Å². The molecular formula is C26H27N3O3. The lowest BCUT2D eigenvalue weighted by molar-refractivity contribution is -0.126. The predicted molar refractivity (Wildman–Crippen MR) is 122 cm³/mol. The van der Waals surface area contributed by atoms with Gasteiger partial charge < -0.3 is 15.0 Å². The van der Waals surface area contributed by atoms with Gasteiger partial charge in [0, 0.05) is 43.5 Å². The predicted octanol–water partition coefficient (Wildman–Crippen LogP) is 3.83. The molecule has 0 saturated carbocycles. The van der Waals surface area contributed by atoms with Crippen LogP contribution in [0, 0.1) is 5.92 Å². The summed E-state index contributed by atoms with van der Waals surface area (Å²) in [4.78, 5) is 31.2. The molecule has 0 spiro atoms. The van der Waals surface area contributed by atoms with Crippen LogP contribution in [0.2, 0.25) is 0 Å². The van der Waals surface area contributed by atoms with Gasteiger partial charge in [-0.15, -0.1) is 0 Å². The summed E-state index contributed by atoms with van der Waals surface area (Å²) in [6.45, 7) is 2.13. The van der Waals surface area contributed by atoms with Crippen molar-refractivity contribution in [2.75, 3.05) is 13.1 Å². The first-order chi connectivity index (χ1) is 15.7. The van der Waals surface area contributed by atoms with E-state index in [1.165, 1.54) is 0 Å². The molecule has 6 heteroatoms. The van der Waals surface area contributed by atoms with E-state index in [9.17, 15) is 9.59 Å². The Morgan fingerprint density at radius 2 is 1.66 bits per heavy atom. The molecule has 0 radical (unpaired) electrons. The number of pyridine rings is 1. The molecule has 1 fully saturated rings. The molecule has 0 atom stereocenters. The van der Waals surface area contributed by atoms with E-state index in [-0.39, 0.29) is 17.7 Å². The third-order valence-corrected chi connectivity index (χ3v) is 5.69. The summed E-state index contributed by atoms with van der Waals surface area (Å²) in [6.07, 6.45) is 4.80. The van der Waals surface area contributed by atoms with Crippen LogP contribution in [0.15, 0.2) is 79.1 Å². The summed E-state index contributed by atoms with van der Waals surface area (Å²) in [7, 11) is 0. The van der Waals surface area contributed by atoms with E-state index in [1.54, 1.807) is 24.5 Å². The zero-order chi connectivity index (χ0) is 22.2. The first-order valence-corrected chi connectivity index (χ1v) is 10.9. The number of hydrogen-bond acceptors (Lipinski definition) is 4. The van der Waals surface area contributed by atoms with Gasteiger partial charge in [0.05, 0.1) is 0 Å². The van der Waals surface area contributed by atoms with Gasteiger partial charge in [0.15, 0.2) is 0 Å². The summed E-state index contributed by atoms with van der Waals surface area (Å²) >= 11 is 0. The second-order valence-corrected chi connectivity index (χ2v) is 7.94. The highest BCUT2D eigenvalue weighted by Crippen LogP contribution is 2.21. The van der Waals surface area contributed by atoms with Crippen LogP contribution in [0.25, 0.3) is 0 Å². The quantitative estimate of drug-likeness (QED) is 0.620. The minimum absolute atomic E-state index is 0.00572. The highest BCUT2D eigenvalue weighted by Gasteiger charge is 2.27. The van der Waals surface area contributed by atoms with Crippen LogP contribution in [-0.2, 0) is 17.9 Å². The van der Waals surface area contributed by atoms with Gasteiger partial charge in [-0.25, -0.2) is 0 Å². The number of carbonyl (C=O) groups excluding carboxylic acids is 2. The van der Waals surface area contributed by atoms with E-state index >= 15 is 0 Å². The molecule has 0 unspecified atom stereocenters. The van der Waals surface area contributed by atoms with Crippen LogP contribution in [0.3, 0.4) is 0 Å². The number of ether oxygens (including phenoxy) is 1. The lowest BCUT2D eigenvalue weighted by Crippen LogP contribution is -2.42. The Hall–Kier alpha value is -3.67. The largest absolute Gasteiger partial charge is 0.489 e. The zero-order valence-corrected chi connectivity index (χ0v) is 17.9. The number of piperidine rings is 1. The van der Waals surface area contributed by atoms with Gasteiger partial charge in [0.2, 0.25) is 5.91 Å².